The van der Waals surface area contributed by atoms with Gasteiger partial charge in [0.15, 0.2) is 0 Å². The minimum absolute atomic E-state index is 0.145. The number of hydrogen-bond donors (Lipinski definition) is 1. The maximum atomic E-state index is 12.4. The van der Waals surface area contributed by atoms with E-state index in [0.29, 0.717) is 24.7 Å². The highest BCUT2D eigenvalue weighted by Crippen LogP contribution is 2.20. The summed E-state index contributed by atoms with van der Waals surface area (Å²) in [6.45, 7) is 4.45. The largest absolute Gasteiger partial charge is 0.494 e. The molecule has 2 aromatic carbocycles. The first-order valence-electron chi connectivity index (χ1n) is 7.95. The van der Waals surface area contributed by atoms with Crippen LogP contribution in [0.5, 0.6) is 5.75 Å². The standard InChI is InChI=1S/C18H21NO5S/c1-3-23-16-9-11-17(12-10-16)25(21,22)19-15-7-5-14(6-8-15)13-18(20)24-4-2/h5-12,19H,3-4,13H2,1-2H3. The molecule has 0 atom stereocenters. The molecule has 134 valence electrons. The van der Waals surface area contributed by atoms with Crippen molar-refractivity contribution in [3.05, 3.63) is 54.1 Å². The predicted molar refractivity (Wildman–Crippen MR) is 95.2 cm³/mol. The molecule has 0 spiro atoms. The van der Waals surface area contributed by atoms with Crippen LogP contribution in [0.3, 0.4) is 0 Å². The van der Waals surface area contributed by atoms with E-state index in [2.05, 4.69) is 4.72 Å². The Morgan fingerprint density at radius 1 is 0.960 bits per heavy atom. The summed E-state index contributed by atoms with van der Waals surface area (Å²) in [5.41, 5.74) is 1.17. The summed E-state index contributed by atoms with van der Waals surface area (Å²) in [6.07, 6.45) is 0.153. The molecule has 25 heavy (non-hydrogen) atoms. The third-order valence-corrected chi connectivity index (χ3v) is 4.70. The van der Waals surface area contributed by atoms with Crippen LogP contribution in [-0.4, -0.2) is 27.6 Å². The molecule has 0 saturated heterocycles. The highest BCUT2D eigenvalue weighted by Gasteiger charge is 2.14. The minimum atomic E-state index is -3.69. The first-order valence-corrected chi connectivity index (χ1v) is 9.43. The molecule has 2 aromatic rings. The molecule has 0 amide bonds. The summed E-state index contributed by atoms with van der Waals surface area (Å²) in [7, 11) is -3.69. The van der Waals surface area contributed by atoms with Gasteiger partial charge in [-0.05, 0) is 55.8 Å². The van der Waals surface area contributed by atoms with E-state index < -0.39 is 10.0 Å². The number of nitrogens with one attached hydrogen (secondary N) is 1. The number of rotatable bonds is 8. The van der Waals surface area contributed by atoms with Crippen molar-refractivity contribution in [3.63, 3.8) is 0 Å². The Labute approximate surface area is 147 Å². The van der Waals surface area contributed by atoms with Gasteiger partial charge in [0.25, 0.3) is 10.0 Å². The summed E-state index contributed by atoms with van der Waals surface area (Å²) in [5, 5.41) is 0. The Kier molecular flexibility index (Phi) is 6.41. The molecule has 0 aliphatic heterocycles. The van der Waals surface area contributed by atoms with Crippen LogP contribution >= 0.6 is 0 Å². The Morgan fingerprint density at radius 3 is 2.16 bits per heavy atom. The van der Waals surface area contributed by atoms with Crippen LogP contribution in [0.1, 0.15) is 19.4 Å². The van der Waals surface area contributed by atoms with E-state index in [1.54, 1.807) is 43.3 Å². The Bertz CT molecular complexity index is 798. The van der Waals surface area contributed by atoms with Gasteiger partial charge in [0.05, 0.1) is 24.5 Å². The van der Waals surface area contributed by atoms with Crippen LogP contribution in [0.2, 0.25) is 0 Å². The van der Waals surface area contributed by atoms with Crippen molar-refractivity contribution in [1.29, 1.82) is 0 Å². The maximum Gasteiger partial charge on any atom is 0.310 e. The topological polar surface area (TPSA) is 81.7 Å². The van der Waals surface area contributed by atoms with Gasteiger partial charge in [-0.15, -0.1) is 0 Å². The number of benzene rings is 2. The molecule has 0 radical (unpaired) electrons. The Hall–Kier alpha value is -2.54. The number of sulfonamides is 1. The molecule has 0 bridgehead atoms. The number of esters is 1. The van der Waals surface area contributed by atoms with Crippen molar-refractivity contribution in [2.24, 2.45) is 0 Å². The molecule has 0 aliphatic carbocycles. The zero-order chi connectivity index (χ0) is 18.3. The van der Waals surface area contributed by atoms with Gasteiger partial charge in [0.1, 0.15) is 5.75 Å². The Balaban J connectivity index is 2.05. The Morgan fingerprint density at radius 2 is 1.60 bits per heavy atom. The fourth-order valence-electron chi connectivity index (χ4n) is 2.17. The van der Waals surface area contributed by atoms with E-state index in [1.165, 1.54) is 12.1 Å². The lowest BCUT2D eigenvalue weighted by Crippen LogP contribution is -2.13. The average molecular weight is 363 g/mol. The molecule has 0 aliphatic rings. The lowest BCUT2D eigenvalue weighted by atomic mass is 10.1. The molecule has 1 N–H and O–H groups in total. The van der Waals surface area contributed by atoms with E-state index in [4.69, 9.17) is 9.47 Å². The number of carbonyl (C=O) groups excluding carboxylic acids is 1. The van der Waals surface area contributed by atoms with Gasteiger partial charge >= 0.3 is 5.97 Å². The third kappa shape index (κ3) is 5.49. The van der Waals surface area contributed by atoms with Gasteiger partial charge in [-0.1, -0.05) is 12.1 Å². The summed E-state index contributed by atoms with van der Waals surface area (Å²) in [5.74, 6) is 0.301. The van der Waals surface area contributed by atoms with E-state index in [1.807, 2.05) is 6.92 Å². The molecule has 0 aromatic heterocycles. The first-order chi connectivity index (χ1) is 11.9. The van der Waals surface area contributed by atoms with E-state index in [9.17, 15) is 13.2 Å². The van der Waals surface area contributed by atoms with Gasteiger partial charge in [0.2, 0.25) is 0 Å². The number of carbonyl (C=O) groups is 1. The SMILES string of the molecule is CCOC(=O)Cc1ccc(NS(=O)(=O)c2ccc(OCC)cc2)cc1. The molecule has 6 nitrogen and oxygen atoms in total. The van der Waals surface area contributed by atoms with Gasteiger partial charge in [-0.25, -0.2) is 8.42 Å². The second kappa shape index (κ2) is 8.53. The summed E-state index contributed by atoms with van der Waals surface area (Å²) >= 11 is 0. The zero-order valence-corrected chi connectivity index (χ0v) is 15.0. The monoisotopic (exact) mass is 363 g/mol. The molecule has 0 heterocycles. The summed E-state index contributed by atoms with van der Waals surface area (Å²) in [4.78, 5) is 11.6. The van der Waals surface area contributed by atoms with Gasteiger partial charge < -0.3 is 9.47 Å². The minimum Gasteiger partial charge on any atom is -0.494 e. The zero-order valence-electron chi connectivity index (χ0n) is 14.2. The second-order valence-electron chi connectivity index (χ2n) is 5.19. The molecular formula is C18H21NO5S. The smallest absolute Gasteiger partial charge is 0.310 e. The van der Waals surface area contributed by atoms with Crippen LogP contribution in [-0.2, 0) is 26.0 Å². The molecular weight excluding hydrogens is 342 g/mol. The summed E-state index contributed by atoms with van der Waals surface area (Å²) < 4.78 is 37.5. The predicted octanol–water partition coefficient (Wildman–Crippen LogP) is 2.99. The fraction of sp³-hybridized carbons (Fsp3) is 0.278. The van der Waals surface area contributed by atoms with Crippen LogP contribution in [0.25, 0.3) is 0 Å². The molecule has 2 rings (SSSR count). The van der Waals surface area contributed by atoms with Gasteiger partial charge in [-0.2, -0.15) is 0 Å². The van der Waals surface area contributed by atoms with E-state index in [0.717, 1.165) is 5.56 Å². The van der Waals surface area contributed by atoms with Crippen LogP contribution in [0.15, 0.2) is 53.4 Å². The van der Waals surface area contributed by atoms with Crippen LogP contribution in [0.4, 0.5) is 5.69 Å². The van der Waals surface area contributed by atoms with Crippen molar-refractivity contribution < 1.29 is 22.7 Å². The number of ether oxygens (including phenoxy) is 2. The second-order valence-corrected chi connectivity index (χ2v) is 6.87. The number of anilines is 1. The molecule has 7 heteroatoms. The lowest BCUT2D eigenvalue weighted by Gasteiger charge is -2.10. The van der Waals surface area contributed by atoms with E-state index >= 15 is 0 Å². The van der Waals surface area contributed by atoms with Crippen LogP contribution < -0.4 is 9.46 Å². The average Bonchev–Trinajstić information content (AvgIpc) is 2.57. The fourth-order valence-corrected chi connectivity index (χ4v) is 3.22. The normalized spacial score (nSPS) is 11.0. The van der Waals surface area contributed by atoms with Gasteiger partial charge in [-0.3, -0.25) is 9.52 Å². The quantitative estimate of drug-likeness (QED) is 0.729. The molecule has 0 fully saturated rings. The molecule has 0 unspecified atom stereocenters. The number of hydrogen-bond acceptors (Lipinski definition) is 5. The van der Waals surface area contributed by atoms with Crippen molar-refractivity contribution in [3.8, 4) is 5.75 Å². The van der Waals surface area contributed by atoms with Crippen LogP contribution in [0, 0.1) is 0 Å². The van der Waals surface area contributed by atoms with Crippen molar-refractivity contribution in [1.82, 2.24) is 0 Å². The summed E-state index contributed by atoms with van der Waals surface area (Å²) in [6, 6.07) is 12.8. The molecule has 0 saturated carbocycles. The van der Waals surface area contributed by atoms with Crippen molar-refractivity contribution >= 4 is 21.7 Å². The highest BCUT2D eigenvalue weighted by atomic mass is 32.2. The third-order valence-electron chi connectivity index (χ3n) is 3.30. The van der Waals surface area contributed by atoms with E-state index in [-0.39, 0.29) is 17.3 Å². The lowest BCUT2D eigenvalue weighted by molar-refractivity contribution is -0.142. The van der Waals surface area contributed by atoms with Gasteiger partial charge in [0, 0.05) is 5.69 Å². The maximum absolute atomic E-state index is 12.4. The first kappa shape index (κ1) is 18.8. The van der Waals surface area contributed by atoms with Crippen molar-refractivity contribution in [2.45, 2.75) is 25.2 Å². The van der Waals surface area contributed by atoms with Crippen molar-refractivity contribution in [2.75, 3.05) is 17.9 Å². The highest BCUT2D eigenvalue weighted by molar-refractivity contribution is 7.92.